The fourth-order valence-corrected chi connectivity index (χ4v) is 6.00. The van der Waals surface area contributed by atoms with E-state index >= 15 is 0 Å². The number of pyridine rings is 1. The van der Waals surface area contributed by atoms with Crippen LogP contribution in [0.25, 0.3) is 0 Å². The SMILES string of the molecule is COc1cc(N2C(=S)N[C@H](c3ccccn3)[C@@H]2c2cc(Br)cs2)ccc1NS(C)(=O)=O. The molecule has 162 valence electrons. The summed E-state index contributed by atoms with van der Waals surface area (Å²) in [6.07, 6.45) is 2.86. The minimum absolute atomic E-state index is 0.142. The van der Waals surface area contributed by atoms with Crippen molar-refractivity contribution in [3.8, 4) is 5.75 Å². The lowest BCUT2D eigenvalue weighted by molar-refractivity contribution is 0.417. The van der Waals surface area contributed by atoms with Crippen LogP contribution in [-0.4, -0.2) is 31.9 Å². The molecule has 1 aliphatic rings. The Morgan fingerprint density at radius 1 is 1.29 bits per heavy atom. The smallest absolute Gasteiger partial charge is 0.229 e. The van der Waals surface area contributed by atoms with Gasteiger partial charge in [0.1, 0.15) is 5.75 Å². The van der Waals surface area contributed by atoms with Gasteiger partial charge in [0.05, 0.1) is 36.8 Å². The molecule has 31 heavy (non-hydrogen) atoms. The van der Waals surface area contributed by atoms with E-state index in [0.29, 0.717) is 16.5 Å². The van der Waals surface area contributed by atoms with Crippen molar-refractivity contribution in [3.05, 3.63) is 69.1 Å². The van der Waals surface area contributed by atoms with Crippen LogP contribution in [0.3, 0.4) is 0 Å². The molecule has 0 amide bonds. The Hall–Kier alpha value is -2.21. The van der Waals surface area contributed by atoms with Gasteiger partial charge in [-0.3, -0.25) is 9.71 Å². The highest BCUT2D eigenvalue weighted by Crippen LogP contribution is 2.45. The number of thiophene rings is 1. The second-order valence-corrected chi connectivity index (χ2v) is 10.9. The maximum absolute atomic E-state index is 11.7. The normalized spacial score (nSPS) is 18.7. The largest absolute Gasteiger partial charge is 0.494 e. The Morgan fingerprint density at radius 3 is 2.71 bits per heavy atom. The molecule has 0 spiro atoms. The highest BCUT2D eigenvalue weighted by Gasteiger charge is 2.41. The molecule has 3 aromatic rings. The number of hydrogen-bond acceptors (Lipinski definition) is 6. The molecule has 3 heterocycles. The van der Waals surface area contributed by atoms with Gasteiger partial charge in [0.15, 0.2) is 5.11 Å². The van der Waals surface area contributed by atoms with Gasteiger partial charge in [-0.1, -0.05) is 6.07 Å². The van der Waals surface area contributed by atoms with Gasteiger partial charge in [0, 0.05) is 32.7 Å². The molecule has 11 heteroatoms. The number of sulfonamides is 1. The summed E-state index contributed by atoms with van der Waals surface area (Å²) in [6.45, 7) is 0. The minimum Gasteiger partial charge on any atom is -0.494 e. The van der Waals surface area contributed by atoms with Gasteiger partial charge >= 0.3 is 0 Å². The molecule has 0 aliphatic carbocycles. The average Bonchev–Trinajstić information content (AvgIpc) is 3.30. The van der Waals surface area contributed by atoms with Crippen molar-refractivity contribution in [1.82, 2.24) is 10.3 Å². The highest BCUT2D eigenvalue weighted by molar-refractivity contribution is 9.10. The van der Waals surface area contributed by atoms with E-state index in [1.165, 1.54) is 7.11 Å². The number of thiocarbonyl (C=S) groups is 1. The molecule has 2 atom stereocenters. The van der Waals surface area contributed by atoms with E-state index < -0.39 is 10.0 Å². The van der Waals surface area contributed by atoms with E-state index in [2.05, 4.69) is 37.0 Å². The molecule has 4 rings (SSSR count). The Labute approximate surface area is 198 Å². The molecule has 1 saturated heterocycles. The van der Waals surface area contributed by atoms with Crippen LogP contribution in [0.15, 0.2) is 58.5 Å². The summed E-state index contributed by atoms with van der Waals surface area (Å²) in [7, 11) is -1.94. The Morgan fingerprint density at radius 2 is 2.10 bits per heavy atom. The third kappa shape index (κ3) is 4.69. The summed E-state index contributed by atoms with van der Waals surface area (Å²) < 4.78 is 32.3. The summed E-state index contributed by atoms with van der Waals surface area (Å²) in [5.41, 5.74) is 2.02. The lowest BCUT2D eigenvalue weighted by Gasteiger charge is -2.27. The zero-order chi connectivity index (χ0) is 22.2. The van der Waals surface area contributed by atoms with Crippen LogP contribution in [0.1, 0.15) is 22.7 Å². The summed E-state index contributed by atoms with van der Waals surface area (Å²) >= 11 is 10.9. The maximum Gasteiger partial charge on any atom is 0.229 e. The summed E-state index contributed by atoms with van der Waals surface area (Å²) in [5.74, 6) is 0.401. The van der Waals surface area contributed by atoms with Crippen LogP contribution < -0.4 is 19.7 Å². The number of methoxy groups -OCH3 is 1. The number of nitrogens with zero attached hydrogens (tertiary/aromatic N) is 2. The van der Waals surface area contributed by atoms with E-state index in [9.17, 15) is 8.42 Å². The van der Waals surface area contributed by atoms with Gasteiger partial charge in [-0.2, -0.15) is 0 Å². The van der Waals surface area contributed by atoms with Crippen LogP contribution >= 0.6 is 39.5 Å². The van der Waals surface area contributed by atoms with Gasteiger partial charge in [-0.05, 0) is 58.5 Å². The number of hydrogen-bond donors (Lipinski definition) is 2. The zero-order valence-corrected chi connectivity index (χ0v) is 20.6. The van der Waals surface area contributed by atoms with E-state index in [1.54, 1.807) is 29.7 Å². The van der Waals surface area contributed by atoms with E-state index in [4.69, 9.17) is 17.0 Å². The first-order valence-corrected chi connectivity index (χ1v) is 13.1. The van der Waals surface area contributed by atoms with Crippen molar-refractivity contribution in [2.75, 3.05) is 23.0 Å². The number of nitrogens with one attached hydrogen (secondary N) is 2. The number of halogens is 1. The summed E-state index contributed by atoms with van der Waals surface area (Å²) in [6, 6.07) is 12.8. The fraction of sp³-hybridized carbons (Fsp3) is 0.200. The molecular weight excluding hydrogens is 520 g/mol. The van der Waals surface area contributed by atoms with Gasteiger partial charge in [0.2, 0.25) is 10.0 Å². The number of ether oxygens (including phenoxy) is 1. The van der Waals surface area contributed by atoms with Crippen LogP contribution in [0.4, 0.5) is 11.4 Å². The van der Waals surface area contributed by atoms with Gasteiger partial charge in [0.25, 0.3) is 0 Å². The average molecular weight is 540 g/mol. The van der Waals surface area contributed by atoms with Crippen LogP contribution in [0.5, 0.6) is 5.75 Å². The second kappa shape index (κ2) is 8.73. The first kappa shape index (κ1) is 22.0. The number of anilines is 2. The Kier molecular flexibility index (Phi) is 6.20. The third-order valence-electron chi connectivity index (χ3n) is 4.74. The standard InChI is InChI=1S/C20H19BrN4O3S3/c1-28-16-10-13(6-7-14(16)24-31(2,26)27)25-19(17-9-12(21)11-30-17)18(23-20(25)29)15-5-3-4-8-22-15/h3-11,18-19,24H,1-2H3,(H,23,29)/t18-,19+/m1/s1. The molecule has 1 aromatic carbocycles. The van der Waals surface area contributed by atoms with Crippen molar-refractivity contribution in [2.24, 2.45) is 0 Å². The lowest BCUT2D eigenvalue weighted by Crippen LogP contribution is -2.29. The Balaban J connectivity index is 1.79. The number of benzene rings is 1. The van der Waals surface area contributed by atoms with Gasteiger partial charge in [-0.25, -0.2) is 8.42 Å². The molecule has 1 aliphatic heterocycles. The van der Waals surface area contributed by atoms with E-state index in [0.717, 1.165) is 27.0 Å². The second-order valence-electron chi connectivity index (χ2n) is 6.92. The van der Waals surface area contributed by atoms with Crippen molar-refractivity contribution < 1.29 is 13.2 Å². The fourth-order valence-electron chi connectivity index (χ4n) is 3.52. The number of rotatable bonds is 6. The quantitative estimate of drug-likeness (QED) is 0.448. The molecule has 1 fully saturated rings. The summed E-state index contributed by atoms with van der Waals surface area (Å²) in [4.78, 5) is 7.65. The third-order valence-corrected chi connectivity index (χ3v) is 7.41. The van der Waals surface area contributed by atoms with Crippen LogP contribution in [0, 0.1) is 0 Å². The monoisotopic (exact) mass is 538 g/mol. The van der Waals surface area contributed by atoms with Gasteiger partial charge < -0.3 is 15.0 Å². The van der Waals surface area contributed by atoms with Crippen molar-refractivity contribution in [2.45, 2.75) is 12.1 Å². The van der Waals surface area contributed by atoms with E-state index in [-0.39, 0.29) is 12.1 Å². The molecule has 0 unspecified atom stereocenters. The first-order valence-electron chi connectivity index (χ1n) is 9.17. The predicted octanol–water partition coefficient (Wildman–Crippen LogP) is 4.46. The molecule has 7 nitrogen and oxygen atoms in total. The molecular formula is C20H19BrN4O3S3. The van der Waals surface area contributed by atoms with Crippen LogP contribution in [-0.2, 0) is 10.0 Å². The van der Waals surface area contributed by atoms with Crippen molar-refractivity contribution in [3.63, 3.8) is 0 Å². The van der Waals surface area contributed by atoms with E-state index in [1.807, 2.05) is 34.5 Å². The maximum atomic E-state index is 11.7. The Bertz CT molecular complexity index is 1220. The lowest BCUT2D eigenvalue weighted by atomic mass is 10.0. The molecule has 2 aromatic heterocycles. The van der Waals surface area contributed by atoms with Crippen molar-refractivity contribution >= 4 is 66.0 Å². The molecule has 0 radical (unpaired) electrons. The van der Waals surface area contributed by atoms with Crippen LogP contribution in [0.2, 0.25) is 0 Å². The summed E-state index contributed by atoms with van der Waals surface area (Å²) in [5, 5.41) is 5.98. The highest BCUT2D eigenvalue weighted by atomic mass is 79.9. The topological polar surface area (TPSA) is 83.6 Å². The minimum atomic E-state index is -3.44. The predicted molar refractivity (Wildman–Crippen MR) is 131 cm³/mol. The number of aromatic nitrogens is 1. The molecule has 2 N–H and O–H groups in total. The molecule has 0 bridgehead atoms. The zero-order valence-electron chi connectivity index (χ0n) is 16.6. The van der Waals surface area contributed by atoms with Crippen molar-refractivity contribution in [1.29, 1.82) is 0 Å². The molecule has 0 saturated carbocycles. The van der Waals surface area contributed by atoms with Gasteiger partial charge in [-0.15, -0.1) is 11.3 Å². The first-order chi connectivity index (χ1) is 14.8.